The number of fused-ring (bicyclic) bond motifs is 2. The summed E-state index contributed by atoms with van der Waals surface area (Å²) in [6.07, 6.45) is 11.7. The van der Waals surface area contributed by atoms with Gasteiger partial charge in [0.25, 0.3) is 5.91 Å². The summed E-state index contributed by atoms with van der Waals surface area (Å²) >= 11 is 0. The second kappa shape index (κ2) is 12.9. The van der Waals surface area contributed by atoms with Crippen LogP contribution in [0, 0.1) is 0 Å². The third kappa shape index (κ3) is 6.31. The predicted octanol–water partition coefficient (Wildman–Crippen LogP) is 5.42. The van der Waals surface area contributed by atoms with Gasteiger partial charge in [0, 0.05) is 50.4 Å². The Morgan fingerprint density at radius 3 is 2.47 bits per heavy atom. The molecule has 2 aromatic carbocycles. The second-order valence-electron chi connectivity index (χ2n) is 11.2. The number of carbonyl (C=O) groups is 1. The van der Waals surface area contributed by atoms with Crippen molar-refractivity contribution in [3.63, 3.8) is 0 Å². The van der Waals surface area contributed by atoms with Gasteiger partial charge in [0.15, 0.2) is 0 Å². The van der Waals surface area contributed by atoms with E-state index in [-0.39, 0.29) is 11.9 Å². The van der Waals surface area contributed by atoms with Crippen molar-refractivity contribution in [2.24, 2.45) is 0 Å². The minimum atomic E-state index is -0.0110. The number of hydrazine groups is 1. The molecule has 6 nitrogen and oxygen atoms in total. The van der Waals surface area contributed by atoms with Crippen LogP contribution in [-0.2, 0) is 0 Å². The van der Waals surface area contributed by atoms with E-state index in [1.54, 1.807) is 7.11 Å². The number of benzene rings is 2. The van der Waals surface area contributed by atoms with Gasteiger partial charge in [-0.2, -0.15) is 0 Å². The number of hydrogen-bond acceptors (Lipinski definition) is 5. The van der Waals surface area contributed by atoms with Gasteiger partial charge >= 0.3 is 0 Å². The predicted molar refractivity (Wildman–Crippen MR) is 153 cm³/mol. The van der Waals surface area contributed by atoms with Crippen molar-refractivity contribution in [1.29, 1.82) is 0 Å². The average molecular weight is 517 g/mol. The van der Waals surface area contributed by atoms with E-state index in [0.29, 0.717) is 12.1 Å². The van der Waals surface area contributed by atoms with Crippen LogP contribution in [0.25, 0.3) is 0 Å². The Morgan fingerprint density at radius 2 is 1.74 bits per heavy atom. The van der Waals surface area contributed by atoms with Crippen LogP contribution in [0.5, 0.6) is 5.75 Å². The Morgan fingerprint density at radius 1 is 0.974 bits per heavy atom. The number of rotatable bonds is 8. The second-order valence-corrected chi connectivity index (χ2v) is 11.2. The molecule has 3 heterocycles. The summed E-state index contributed by atoms with van der Waals surface area (Å²) in [6, 6.07) is 18.0. The smallest absolute Gasteiger partial charge is 0.265 e. The topological polar surface area (TPSA) is 48.0 Å². The molecule has 2 aromatic rings. The lowest BCUT2D eigenvalue weighted by molar-refractivity contribution is 0.0562. The van der Waals surface area contributed by atoms with Crippen LogP contribution in [0.3, 0.4) is 0 Å². The van der Waals surface area contributed by atoms with Gasteiger partial charge in [0.05, 0.1) is 13.2 Å². The molecule has 0 saturated carbocycles. The molecule has 0 spiro atoms. The van der Waals surface area contributed by atoms with E-state index in [0.717, 1.165) is 56.9 Å². The molecular formula is C32H44N4O2. The number of methoxy groups -OCH3 is 1. The van der Waals surface area contributed by atoms with Crippen LogP contribution in [0.1, 0.15) is 78.9 Å². The van der Waals surface area contributed by atoms with Crippen LogP contribution < -0.4 is 10.2 Å². The van der Waals surface area contributed by atoms with Crippen LogP contribution in [0.4, 0.5) is 0 Å². The minimum Gasteiger partial charge on any atom is -0.497 e. The van der Waals surface area contributed by atoms with E-state index in [1.807, 2.05) is 24.3 Å². The molecule has 3 atom stereocenters. The Balaban J connectivity index is 1.44. The van der Waals surface area contributed by atoms with Gasteiger partial charge in [0.2, 0.25) is 0 Å². The Labute approximate surface area is 228 Å². The maximum absolute atomic E-state index is 13.1. The lowest BCUT2D eigenvalue weighted by atomic mass is 9.87. The number of piperidine rings is 1. The minimum absolute atomic E-state index is 0.0110. The molecular weight excluding hydrogens is 472 g/mol. The zero-order chi connectivity index (χ0) is 26.3. The lowest BCUT2D eigenvalue weighted by Crippen LogP contribution is -2.50. The molecule has 3 aliphatic rings. The van der Waals surface area contributed by atoms with Gasteiger partial charge < -0.3 is 4.74 Å². The molecule has 2 bridgehead atoms. The maximum Gasteiger partial charge on any atom is 0.265 e. The fourth-order valence-corrected chi connectivity index (χ4v) is 6.71. The number of ether oxygens (including phenoxy) is 1. The standard InChI is InChI=1S/C32H44N4O2/c1-3-19-34-22-18-28-11-9-12-29(24-34)36(28)31(27-10-8-13-30(23-27)38-2)25-14-16-26(17-15-25)32(37)33-35-20-6-4-5-7-21-35/h3,8,10,13-17,23,28-29,31H,1,4-7,9,11-12,18-22,24H2,2H3,(H,33,37). The largest absolute Gasteiger partial charge is 0.497 e. The summed E-state index contributed by atoms with van der Waals surface area (Å²) in [5, 5.41) is 2.09. The maximum atomic E-state index is 13.1. The molecule has 1 amide bonds. The molecule has 38 heavy (non-hydrogen) atoms. The zero-order valence-electron chi connectivity index (χ0n) is 23.0. The molecule has 204 valence electrons. The molecule has 5 rings (SSSR count). The third-order valence-electron chi connectivity index (χ3n) is 8.61. The highest BCUT2D eigenvalue weighted by Crippen LogP contribution is 2.40. The SMILES string of the molecule is C=CCN1CCC2CCCC(C1)N2C(c1ccc(C(=O)NN2CCCCCC2)cc1)c1cccc(OC)c1. The molecule has 0 radical (unpaired) electrons. The Bertz CT molecular complexity index is 1060. The lowest BCUT2D eigenvalue weighted by Gasteiger charge is -2.46. The average Bonchev–Trinajstić information content (AvgIpc) is 3.25. The van der Waals surface area contributed by atoms with E-state index in [1.165, 1.54) is 49.7 Å². The molecule has 0 aromatic heterocycles. The number of nitrogens with zero attached hydrogens (tertiary/aromatic N) is 3. The molecule has 3 saturated heterocycles. The van der Waals surface area contributed by atoms with E-state index < -0.39 is 0 Å². The van der Waals surface area contributed by atoms with Gasteiger partial charge in [-0.25, -0.2) is 5.01 Å². The van der Waals surface area contributed by atoms with Crippen LogP contribution in [0.2, 0.25) is 0 Å². The van der Waals surface area contributed by atoms with Crippen LogP contribution >= 0.6 is 0 Å². The quantitative estimate of drug-likeness (QED) is 0.475. The third-order valence-corrected chi connectivity index (χ3v) is 8.61. The zero-order valence-corrected chi connectivity index (χ0v) is 23.0. The Hall–Kier alpha value is -2.67. The summed E-state index contributed by atoms with van der Waals surface area (Å²) in [6.45, 7) is 8.99. The van der Waals surface area contributed by atoms with E-state index >= 15 is 0 Å². The molecule has 3 unspecified atom stereocenters. The Kier molecular flexibility index (Phi) is 9.15. The summed E-state index contributed by atoms with van der Waals surface area (Å²) in [5.41, 5.74) is 6.35. The van der Waals surface area contributed by atoms with Crippen molar-refractivity contribution in [3.8, 4) is 5.75 Å². The monoisotopic (exact) mass is 516 g/mol. The normalized spacial score (nSPS) is 24.1. The van der Waals surface area contributed by atoms with Crippen molar-refractivity contribution in [1.82, 2.24) is 20.2 Å². The van der Waals surface area contributed by atoms with Crippen molar-refractivity contribution < 1.29 is 9.53 Å². The first-order valence-electron chi connectivity index (χ1n) is 14.6. The van der Waals surface area contributed by atoms with Gasteiger partial charge in [-0.15, -0.1) is 6.58 Å². The first-order valence-corrected chi connectivity index (χ1v) is 14.6. The number of nitrogens with one attached hydrogen (secondary N) is 1. The number of carbonyl (C=O) groups excluding carboxylic acids is 1. The highest BCUT2D eigenvalue weighted by atomic mass is 16.5. The van der Waals surface area contributed by atoms with Gasteiger partial charge in [-0.05, 0) is 67.5 Å². The van der Waals surface area contributed by atoms with Crippen LogP contribution in [-0.4, -0.2) is 72.6 Å². The fourth-order valence-electron chi connectivity index (χ4n) is 6.71. The molecule has 0 aliphatic carbocycles. The van der Waals surface area contributed by atoms with Crippen molar-refractivity contribution in [2.75, 3.05) is 39.8 Å². The van der Waals surface area contributed by atoms with Crippen molar-refractivity contribution in [3.05, 3.63) is 77.9 Å². The summed E-state index contributed by atoms with van der Waals surface area (Å²) in [7, 11) is 1.74. The first-order chi connectivity index (χ1) is 18.7. The van der Waals surface area contributed by atoms with Gasteiger partial charge in [-0.1, -0.05) is 49.6 Å². The van der Waals surface area contributed by atoms with Crippen molar-refractivity contribution >= 4 is 5.91 Å². The highest BCUT2D eigenvalue weighted by molar-refractivity contribution is 5.93. The highest BCUT2D eigenvalue weighted by Gasteiger charge is 2.39. The van der Waals surface area contributed by atoms with Crippen molar-refractivity contribution in [2.45, 2.75) is 69.5 Å². The molecule has 3 fully saturated rings. The van der Waals surface area contributed by atoms with Crippen LogP contribution in [0.15, 0.2) is 61.2 Å². The first kappa shape index (κ1) is 26.9. The van der Waals surface area contributed by atoms with E-state index in [2.05, 4.69) is 57.1 Å². The molecule has 3 aliphatic heterocycles. The van der Waals surface area contributed by atoms with Gasteiger partial charge in [-0.3, -0.25) is 20.0 Å². The van der Waals surface area contributed by atoms with Gasteiger partial charge in [0.1, 0.15) is 5.75 Å². The van der Waals surface area contributed by atoms with E-state index in [4.69, 9.17) is 4.74 Å². The molecule has 6 heteroatoms. The summed E-state index contributed by atoms with van der Waals surface area (Å²) in [5.74, 6) is 0.873. The summed E-state index contributed by atoms with van der Waals surface area (Å²) < 4.78 is 5.63. The number of amides is 1. The summed E-state index contributed by atoms with van der Waals surface area (Å²) in [4.78, 5) is 18.4. The van der Waals surface area contributed by atoms with E-state index in [9.17, 15) is 4.79 Å². The fraction of sp³-hybridized carbons (Fsp3) is 0.531. The molecule has 1 N–H and O–H groups in total. The number of hydrogen-bond donors (Lipinski definition) is 1.